The molecule has 0 saturated heterocycles. The number of rotatable bonds is 2. The summed E-state index contributed by atoms with van der Waals surface area (Å²) in [7, 11) is 0. The Morgan fingerprint density at radius 3 is 3.05 bits per heavy atom. The number of aromatic nitrogens is 2. The number of aryl methyl sites for hydroxylation is 1. The first kappa shape index (κ1) is 11.3. The molecule has 0 spiro atoms. The number of benzene rings is 1. The van der Waals surface area contributed by atoms with Crippen molar-refractivity contribution in [3.63, 3.8) is 0 Å². The molecule has 0 bridgehead atoms. The van der Waals surface area contributed by atoms with Gasteiger partial charge in [-0.2, -0.15) is 0 Å². The molecule has 6 heteroatoms. The topological polar surface area (TPSA) is 94.1 Å². The van der Waals surface area contributed by atoms with Crippen LogP contribution in [0.15, 0.2) is 35.0 Å². The van der Waals surface area contributed by atoms with E-state index in [1.165, 1.54) is 0 Å². The summed E-state index contributed by atoms with van der Waals surface area (Å²) in [5.41, 5.74) is 7.29. The molecule has 6 nitrogen and oxygen atoms in total. The maximum atomic E-state index is 10.9. The van der Waals surface area contributed by atoms with E-state index in [0.717, 1.165) is 16.5 Å². The van der Waals surface area contributed by atoms with Gasteiger partial charge in [-0.3, -0.25) is 0 Å². The van der Waals surface area contributed by atoms with Gasteiger partial charge < -0.3 is 20.0 Å². The van der Waals surface area contributed by atoms with Crippen molar-refractivity contribution in [2.45, 2.75) is 6.92 Å². The first-order valence-electron chi connectivity index (χ1n) is 5.66. The lowest BCUT2D eigenvalue weighted by Crippen LogP contribution is -2.16. The predicted molar refractivity (Wildman–Crippen MR) is 68.7 cm³/mol. The highest BCUT2D eigenvalue weighted by molar-refractivity contribution is 5.85. The van der Waals surface area contributed by atoms with Crippen LogP contribution in [0, 0.1) is 6.92 Å². The van der Waals surface area contributed by atoms with Gasteiger partial charge >= 0.3 is 6.09 Å². The molecule has 3 N–H and O–H groups in total. The van der Waals surface area contributed by atoms with E-state index in [1.54, 1.807) is 6.92 Å². The molecular formula is C13H11N3O3. The van der Waals surface area contributed by atoms with Crippen LogP contribution >= 0.6 is 0 Å². The van der Waals surface area contributed by atoms with Crippen LogP contribution in [0.4, 0.5) is 4.79 Å². The predicted octanol–water partition coefficient (Wildman–Crippen LogP) is 2.59. The molecule has 0 aliphatic heterocycles. The summed E-state index contributed by atoms with van der Waals surface area (Å²) >= 11 is 0. The number of amides is 1. The highest BCUT2D eigenvalue weighted by Crippen LogP contribution is 2.34. The SMILES string of the molecule is Cc1noc(-c2ccc3[nH]ccc3c2)c1OC(N)=O. The summed E-state index contributed by atoms with van der Waals surface area (Å²) in [4.78, 5) is 14.0. The molecule has 2 heterocycles. The summed E-state index contributed by atoms with van der Waals surface area (Å²) in [6, 6.07) is 7.62. The molecule has 1 aromatic carbocycles. The van der Waals surface area contributed by atoms with Gasteiger partial charge in [0.05, 0.1) is 0 Å². The van der Waals surface area contributed by atoms with Gasteiger partial charge in [0.15, 0.2) is 0 Å². The number of primary amides is 1. The van der Waals surface area contributed by atoms with Crippen molar-refractivity contribution >= 4 is 17.0 Å². The van der Waals surface area contributed by atoms with Crippen molar-refractivity contribution < 1.29 is 14.1 Å². The van der Waals surface area contributed by atoms with Gasteiger partial charge in [-0.25, -0.2) is 4.79 Å². The summed E-state index contributed by atoms with van der Waals surface area (Å²) in [6.45, 7) is 1.68. The Balaban J connectivity index is 2.12. The Hall–Kier alpha value is -2.76. The van der Waals surface area contributed by atoms with E-state index in [1.807, 2.05) is 30.5 Å². The van der Waals surface area contributed by atoms with Crippen molar-refractivity contribution in [2.75, 3.05) is 0 Å². The van der Waals surface area contributed by atoms with E-state index in [-0.39, 0.29) is 5.75 Å². The molecule has 96 valence electrons. The molecule has 0 fully saturated rings. The first-order valence-corrected chi connectivity index (χ1v) is 5.66. The Morgan fingerprint density at radius 2 is 2.26 bits per heavy atom. The fourth-order valence-corrected chi connectivity index (χ4v) is 1.96. The number of H-pyrrole nitrogens is 1. The number of hydrogen-bond acceptors (Lipinski definition) is 4. The Labute approximate surface area is 108 Å². The number of carbonyl (C=O) groups is 1. The molecule has 0 unspecified atom stereocenters. The molecule has 0 aliphatic rings. The molecule has 0 saturated carbocycles. The largest absolute Gasteiger partial charge is 0.410 e. The van der Waals surface area contributed by atoms with Crippen molar-refractivity contribution in [1.82, 2.24) is 10.1 Å². The fraction of sp³-hybridized carbons (Fsp3) is 0.0769. The second-order valence-electron chi connectivity index (χ2n) is 4.13. The normalized spacial score (nSPS) is 10.8. The number of carbonyl (C=O) groups excluding carboxylic acids is 1. The third-order valence-electron chi connectivity index (χ3n) is 2.83. The van der Waals surface area contributed by atoms with Crippen molar-refractivity contribution in [1.29, 1.82) is 0 Å². The van der Waals surface area contributed by atoms with Gasteiger partial charge in [0, 0.05) is 22.7 Å². The monoisotopic (exact) mass is 257 g/mol. The van der Waals surface area contributed by atoms with Crippen molar-refractivity contribution in [3.05, 3.63) is 36.2 Å². The zero-order valence-corrected chi connectivity index (χ0v) is 10.1. The minimum absolute atomic E-state index is 0.252. The van der Waals surface area contributed by atoms with E-state index < -0.39 is 6.09 Å². The Kier molecular flexibility index (Phi) is 2.49. The highest BCUT2D eigenvalue weighted by atomic mass is 16.6. The molecule has 0 radical (unpaired) electrons. The molecule has 1 amide bonds. The second kappa shape index (κ2) is 4.16. The van der Waals surface area contributed by atoms with Crippen LogP contribution < -0.4 is 10.5 Å². The molecule has 0 aliphatic carbocycles. The van der Waals surface area contributed by atoms with E-state index in [9.17, 15) is 4.79 Å². The van der Waals surface area contributed by atoms with E-state index in [0.29, 0.717) is 11.5 Å². The van der Waals surface area contributed by atoms with Crippen molar-refractivity contribution in [3.8, 4) is 17.1 Å². The average Bonchev–Trinajstić information content (AvgIpc) is 2.96. The van der Waals surface area contributed by atoms with Crippen LogP contribution in [-0.4, -0.2) is 16.2 Å². The second-order valence-corrected chi connectivity index (χ2v) is 4.13. The third-order valence-corrected chi connectivity index (χ3v) is 2.83. The molecule has 19 heavy (non-hydrogen) atoms. The lowest BCUT2D eigenvalue weighted by atomic mass is 10.1. The lowest BCUT2D eigenvalue weighted by Gasteiger charge is -2.02. The van der Waals surface area contributed by atoms with Gasteiger partial charge in [0.25, 0.3) is 0 Å². The molecule has 3 aromatic rings. The molecule has 0 atom stereocenters. The maximum absolute atomic E-state index is 10.9. The van der Waals surface area contributed by atoms with E-state index in [2.05, 4.69) is 10.1 Å². The number of aromatic amines is 1. The Morgan fingerprint density at radius 1 is 1.42 bits per heavy atom. The van der Waals surface area contributed by atoms with Crippen LogP contribution in [-0.2, 0) is 0 Å². The first-order chi connectivity index (χ1) is 9.15. The quantitative estimate of drug-likeness (QED) is 0.737. The summed E-state index contributed by atoms with van der Waals surface area (Å²) in [5.74, 6) is 0.641. The molecule has 3 rings (SSSR count). The van der Waals surface area contributed by atoms with E-state index >= 15 is 0 Å². The van der Waals surface area contributed by atoms with Crippen LogP contribution in [0.3, 0.4) is 0 Å². The molecule has 2 aromatic heterocycles. The van der Waals surface area contributed by atoms with Crippen LogP contribution in [0.1, 0.15) is 5.69 Å². The number of nitrogens with two attached hydrogens (primary N) is 1. The zero-order valence-electron chi connectivity index (χ0n) is 10.1. The van der Waals surface area contributed by atoms with E-state index in [4.69, 9.17) is 15.0 Å². The summed E-state index contributed by atoms with van der Waals surface area (Å²) in [6.07, 6.45) is 0.955. The average molecular weight is 257 g/mol. The standard InChI is InChI=1S/C13H11N3O3/c1-7-11(18-13(14)17)12(19-16-7)9-2-3-10-8(6-9)4-5-15-10/h2-6,15H,1H3,(H2,14,17). The number of nitrogens with zero attached hydrogens (tertiary/aromatic N) is 1. The third kappa shape index (κ3) is 1.93. The smallest absolute Gasteiger partial charge is 0.404 e. The fourth-order valence-electron chi connectivity index (χ4n) is 1.96. The highest BCUT2D eigenvalue weighted by Gasteiger charge is 2.18. The summed E-state index contributed by atoms with van der Waals surface area (Å²) < 4.78 is 10.2. The number of hydrogen-bond donors (Lipinski definition) is 2. The molecular weight excluding hydrogens is 246 g/mol. The van der Waals surface area contributed by atoms with Crippen LogP contribution in [0.2, 0.25) is 0 Å². The van der Waals surface area contributed by atoms with Crippen molar-refractivity contribution in [2.24, 2.45) is 5.73 Å². The van der Waals surface area contributed by atoms with Gasteiger partial charge in [-0.05, 0) is 31.2 Å². The lowest BCUT2D eigenvalue weighted by molar-refractivity contribution is 0.210. The zero-order chi connectivity index (χ0) is 13.4. The number of ether oxygens (including phenoxy) is 1. The minimum Gasteiger partial charge on any atom is -0.404 e. The van der Waals surface area contributed by atoms with Gasteiger partial charge in [0.1, 0.15) is 5.69 Å². The van der Waals surface area contributed by atoms with Crippen LogP contribution in [0.25, 0.3) is 22.2 Å². The Bertz CT molecular complexity index is 757. The number of nitrogens with one attached hydrogen (secondary N) is 1. The van der Waals surface area contributed by atoms with Gasteiger partial charge in [-0.15, -0.1) is 0 Å². The minimum atomic E-state index is -0.893. The maximum Gasteiger partial charge on any atom is 0.410 e. The van der Waals surface area contributed by atoms with Crippen LogP contribution in [0.5, 0.6) is 5.75 Å². The number of fused-ring (bicyclic) bond motifs is 1. The summed E-state index contributed by atoms with van der Waals surface area (Å²) in [5, 5.41) is 4.82. The van der Waals surface area contributed by atoms with Gasteiger partial charge in [-0.1, -0.05) is 5.16 Å². The van der Waals surface area contributed by atoms with Gasteiger partial charge in [0.2, 0.25) is 11.5 Å².